The standard InChI is InChI=1S/C50H34N6O2/c1-31-7-11-39(12-8-31)47-53-55-49(57-47)41-27-19-35(20-28-41)33-15-23-37(24-16-33)45-46(52-44-6-4-3-5-43(44)51-45)38-25-17-34(18-26-38)36-21-29-42(30-22-36)50-56-54-48(58-50)40-13-9-32(2)10-14-40/h3-30H,1-2H3. The minimum atomic E-state index is 0.485. The molecule has 3 heterocycles. The number of nitrogens with zero attached hydrogens (tertiary/aromatic N) is 6. The maximum Gasteiger partial charge on any atom is 0.248 e. The van der Waals surface area contributed by atoms with Crippen molar-refractivity contribution in [3.63, 3.8) is 0 Å². The lowest BCUT2D eigenvalue weighted by Gasteiger charge is -2.12. The Kier molecular flexibility index (Phi) is 8.76. The molecule has 276 valence electrons. The molecule has 0 radical (unpaired) electrons. The fourth-order valence-electron chi connectivity index (χ4n) is 6.96. The summed E-state index contributed by atoms with van der Waals surface area (Å²) in [5, 5.41) is 17.1. The molecule has 0 N–H and O–H groups in total. The molecule has 0 fully saturated rings. The molecular weight excluding hydrogens is 717 g/mol. The zero-order chi connectivity index (χ0) is 39.0. The third kappa shape index (κ3) is 6.84. The van der Waals surface area contributed by atoms with Crippen molar-refractivity contribution >= 4 is 11.0 Å². The smallest absolute Gasteiger partial charge is 0.248 e. The van der Waals surface area contributed by atoms with Crippen molar-refractivity contribution < 1.29 is 8.83 Å². The van der Waals surface area contributed by atoms with Crippen LogP contribution in [-0.2, 0) is 0 Å². The second-order valence-electron chi connectivity index (χ2n) is 14.3. The molecule has 10 aromatic rings. The molecule has 0 aliphatic heterocycles. The van der Waals surface area contributed by atoms with Gasteiger partial charge in [0, 0.05) is 33.4 Å². The van der Waals surface area contributed by atoms with Crippen molar-refractivity contribution in [1.82, 2.24) is 30.4 Å². The first-order chi connectivity index (χ1) is 28.5. The molecule has 0 spiro atoms. The predicted octanol–water partition coefficient (Wildman–Crippen LogP) is 12.3. The highest BCUT2D eigenvalue weighted by atomic mass is 16.4. The van der Waals surface area contributed by atoms with Crippen LogP contribution in [0.15, 0.2) is 179 Å². The summed E-state index contributed by atoms with van der Waals surface area (Å²) in [4.78, 5) is 10.3. The van der Waals surface area contributed by atoms with Crippen LogP contribution in [0.1, 0.15) is 11.1 Å². The maximum absolute atomic E-state index is 6.01. The average molecular weight is 751 g/mol. The lowest BCUT2D eigenvalue weighted by Crippen LogP contribution is -1.95. The van der Waals surface area contributed by atoms with Crippen molar-refractivity contribution in [3.05, 3.63) is 181 Å². The summed E-state index contributed by atoms with van der Waals surface area (Å²) in [5.41, 5.74) is 15.5. The second kappa shape index (κ2) is 14.7. The van der Waals surface area contributed by atoms with E-state index in [0.717, 1.165) is 78.1 Å². The van der Waals surface area contributed by atoms with Crippen molar-refractivity contribution in [3.8, 4) is 90.6 Å². The first kappa shape index (κ1) is 34.6. The van der Waals surface area contributed by atoms with Crippen LogP contribution in [0, 0.1) is 13.8 Å². The topological polar surface area (TPSA) is 104 Å². The molecule has 7 aromatic carbocycles. The quantitative estimate of drug-likeness (QED) is 0.151. The van der Waals surface area contributed by atoms with Crippen LogP contribution in [0.5, 0.6) is 0 Å². The van der Waals surface area contributed by atoms with Gasteiger partial charge in [-0.1, -0.05) is 120 Å². The number of fused-ring (bicyclic) bond motifs is 1. The van der Waals surface area contributed by atoms with E-state index in [2.05, 4.69) is 107 Å². The van der Waals surface area contributed by atoms with Gasteiger partial charge in [0.1, 0.15) is 0 Å². The third-order valence-electron chi connectivity index (χ3n) is 10.3. The van der Waals surface area contributed by atoms with Gasteiger partial charge >= 0.3 is 0 Å². The summed E-state index contributed by atoms with van der Waals surface area (Å²) in [6.45, 7) is 4.10. The van der Waals surface area contributed by atoms with Crippen LogP contribution in [0.4, 0.5) is 0 Å². The number of aryl methyl sites for hydroxylation is 2. The van der Waals surface area contributed by atoms with Crippen molar-refractivity contribution in [2.24, 2.45) is 0 Å². The Balaban J connectivity index is 0.892. The Labute approximate surface area is 334 Å². The molecule has 0 amide bonds. The summed E-state index contributed by atoms with van der Waals surface area (Å²) < 4.78 is 12.0. The minimum Gasteiger partial charge on any atom is -0.416 e. The number of para-hydroxylation sites is 2. The predicted molar refractivity (Wildman–Crippen MR) is 228 cm³/mol. The van der Waals surface area contributed by atoms with E-state index in [-0.39, 0.29) is 0 Å². The fraction of sp³-hybridized carbons (Fsp3) is 0.0400. The highest BCUT2D eigenvalue weighted by Gasteiger charge is 2.16. The summed E-state index contributed by atoms with van der Waals surface area (Å²) in [5.74, 6) is 1.97. The van der Waals surface area contributed by atoms with Gasteiger partial charge in [-0.3, -0.25) is 0 Å². The Morgan fingerprint density at radius 3 is 0.810 bits per heavy atom. The maximum atomic E-state index is 6.01. The monoisotopic (exact) mass is 750 g/mol. The zero-order valence-corrected chi connectivity index (χ0v) is 31.7. The van der Waals surface area contributed by atoms with Gasteiger partial charge in [-0.05, 0) is 96.8 Å². The Morgan fingerprint density at radius 1 is 0.276 bits per heavy atom. The Bertz CT molecular complexity index is 2810. The number of benzene rings is 7. The summed E-state index contributed by atoms with van der Waals surface area (Å²) in [6.07, 6.45) is 0. The van der Waals surface area contributed by atoms with Gasteiger partial charge in [-0.15, -0.1) is 20.4 Å². The van der Waals surface area contributed by atoms with Gasteiger partial charge in [0.2, 0.25) is 23.6 Å². The van der Waals surface area contributed by atoms with Crippen molar-refractivity contribution in [2.45, 2.75) is 13.8 Å². The van der Waals surface area contributed by atoms with Gasteiger partial charge in [-0.25, -0.2) is 9.97 Å². The van der Waals surface area contributed by atoms with Crippen molar-refractivity contribution in [1.29, 1.82) is 0 Å². The molecule has 3 aromatic heterocycles. The molecule has 0 aliphatic carbocycles. The van der Waals surface area contributed by atoms with Crippen LogP contribution in [0.3, 0.4) is 0 Å². The first-order valence-corrected chi connectivity index (χ1v) is 19.0. The highest BCUT2D eigenvalue weighted by Crippen LogP contribution is 2.35. The molecule has 0 bridgehead atoms. The van der Waals surface area contributed by atoms with Gasteiger partial charge in [-0.2, -0.15) is 0 Å². The van der Waals surface area contributed by atoms with E-state index in [1.54, 1.807) is 0 Å². The molecule has 0 atom stereocenters. The molecule has 8 nitrogen and oxygen atoms in total. The van der Waals surface area contributed by atoms with Gasteiger partial charge in [0.05, 0.1) is 22.4 Å². The minimum absolute atomic E-state index is 0.485. The van der Waals surface area contributed by atoms with Crippen LogP contribution < -0.4 is 0 Å². The van der Waals surface area contributed by atoms with E-state index in [4.69, 9.17) is 18.8 Å². The lowest BCUT2D eigenvalue weighted by atomic mass is 9.97. The summed E-state index contributed by atoms with van der Waals surface area (Å²) in [6, 6.07) is 57.4. The number of hydrogen-bond acceptors (Lipinski definition) is 8. The van der Waals surface area contributed by atoms with Crippen LogP contribution in [0.2, 0.25) is 0 Å². The highest BCUT2D eigenvalue weighted by molar-refractivity contribution is 5.87. The molecule has 0 aliphatic rings. The van der Waals surface area contributed by atoms with Gasteiger partial charge < -0.3 is 8.83 Å². The Morgan fingerprint density at radius 2 is 0.517 bits per heavy atom. The Hall–Kier alpha value is -7.84. The largest absolute Gasteiger partial charge is 0.416 e. The molecule has 0 saturated heterocycles. The lowest BCUT2D eigenvalue weighted by molar-refractivity contribution is 0.584. The summed E-state index contributed by atoms with van der Waals surface area (Å²) >= 11 is 0. The van der Waals surface area contributed by atoms with E-state index >= 15 is 0 Å². The van der Waals surface area contributed by atoms with E-state index in [9.17, 15) is 0 Å². The molecular formula is C50H34N6O2. The van der Waals surface area contributed by atoms with E-state index in [0.29, 0.717) is 23.6 Å². The van der Waals surface area contributed by atoms with Crippen LogP contribution in [-0.4, -0.2) is 30.4 Å². The molecule has 58 heavy (non-hydrogen) atoms. The SMILES string of the molecule is Cc1ccc(-c2nnc(-c3ccc(-c4ccc(-c5nc6ccccc6nc5-c5ccc(-c6ccc(-c7nnc(-c8ccc(C)cc8)o7)cc6)cc5)cc4)cc3)o2)cc1. The number of hydrogen-bond donors (Lipinski definition) is 0. The van der Waals surface area contributed by atoms with Crippen molar-refractivity contribution in [2.75, 3.05) is 0 Å². The summed E-state index contributed by atoms with van der Waals surface area (Å²) in [7, 11) is 0. The molecule has 0 saturated carbocycles. The zero-order valence-electron chi connectivity index (χ0n) is 31.7. The average Bonchev–Trinajstić information content (AvgIpc) is 3.99. The second-order valence-corrected chi connectivity index (χ2v) is 14.3. The van der Waals surface area contributed by atoms with Gasteiger partial charge in [0.15, 0.2) is 0 Å². The first-order valence-electron chi connectivity index (χ1n) is 19.0. The third-order valence-corrected chi connectivity index (χ3v) is 10.3. The molecule has 10 rings (SSSR count). The fourth-order valence-corrected chi connectivity index (χ4v) is 6.96. The van der Waals surface area contributed by atoms with E-state index in [1.165, 1.54) is 11.1 Å². The van der Waals surface area contributed by atoms with E-state index < -0.39 is 0 Å². The molecule has 8 heteroatoms. The van der Waals surface area contributed by atoms with Gasteiger partial charge in [0.25, 0.3) is 0 Å². The van der Waals surface area contributed by atoms with Crippen LogP contribution in [0.25, 0.3) is 102 Å². The van der Waals surface area contributed by atoms with Crippen LogP contribution >= 0.6 is 0 Å². The normalized spacial score (nSPS) is 11.3. The van der Waals surface area contributed by atoms with E-state index in [1.807, 2.05) is 97.1 Å². The molecule has 0 unspecified atom stereocenters. The number of aromatic nitrogens is 6. The number of rotatable bonds is 8.